The number of aliphatic hydroxyl groups is 1. The van der Waals surface area contributed by atoms with E-state index < -0.39 is 5.41 Å². The minimum Gasteiger partial charge on any atom is -0.494 e. The van der Waals surface area contributed by atoms with E-state index in [0.717, 1.165) is 11.3 Å². The summed E-state index contributed by atoms with van der Waals surface area (Å²) in [6.45, 7) is 4.20. The van der Waals surface area contributed by atoms with Gasteiger partial charge in [-0.25, -0.2) is 0 Å². The van der Waals surface area contributed by atoms with Crippen molar-refractivity contribution in [1.29, 1.82) is 0 Å². The van der Waals surface area contributed by atoms with Crippen molar-refractivity contribution in [3.8, 4) is 5.75 Å². The number of fused-ring (bicyclic) bond motifs is 1. The van der Waals surface area contributed by atoms with Crippen LogP contribution in [0.25, 0.3) is 0 Å². The second-order valence-corrected chi connectivity index (χ2v) is 6.10. The molecule has 0 aromatic heterocycles. The fourth-order valence-electron chi connectivity index (χ4n) is 2.99. The highest BCUT2D eigenvalue weighted by Crippen LogP contribution is 2.46. The molecular formula is C18H18ClNO3. The van der Waals surface area contributed by atoms with Crippen molar-refractivity contribution in [2.45, 2.75) is 25.9 Å². The monoisotopic (exact) mass is 331 g/mol. The molecule has 5 heteroatoms. The van der Waals surface area contributed by atoms with Crippen LogP contribution in [-0.4, -0.2) is 17.6 Å². The van der Waals surface area contributed by atoms with Gasteiger partial charge >= 0.3 is 0 Å². The van der Waals surface area contributed by atoms with E-state index in [2.05, 4.69) is 5.32 Å². The molecule has 1 heterocycles. The molecule has 0 aliphatic carbocycles. The Labute approximate surface area is 140 Å². The standard InChI is InChI=1S/C18H18ClNO3/c1-3-23-12-5-7-16-14(9-12)18(2,17(22)20-16)13-8-11(10-21)4-6-15(13)19/h4-9,21H,3,10H2,1-2H3,(H,20,22). The molecule has 1 aliphatic heterocycles. The van der Waals surface area contributed by atoms with E-state index in [-0.39, 0.29) is 12.5 Å². The van der Waals surface area contributed by atoms with E-state index in [1.165, 1.54) is 0 Å². The molecule has 1 amide bonds. The van der Waals surface area contributed by atoms with Crippen molar-refractivity contribution < 1.29 is 14.6 Å². The number of ether oxygens (including phenoxy) is 1. The highest BCUT2D eigenvalue weighted by molar-refractivity contribution is 6.32. The second kappa shape index (κ2) is 5.87. The molecule has 0 radical (unpaired) electrons. The number of amides is 1. The number of carbonyl (C=O) groups is 1. The van der Waals surface area contributed by atoms with Crippen LogP contribution in [0.3, 0.4) is 0 Å². The van der Waals surface area contributed by atoms with E-state index in [0.29, 0.717) is 28.5 Å². The normalized spacial score (nSPS) is 19.4. The van der Waals surface area contributed by atoms with E-state index >= 15 is 0 Å². The zero-order chi connectivity index (χ0) is 16.6. The quantitative estimate of drug-likeness (QED) is 0.901. The van der Waals surface area contributed by atoms with Crippen molar-refractivity contribution in [2.75, 3.05) is 11.9 Å². The maximum Gasteiger partial charge on any atom is 0.239 e. The third kappa shape index (κ3) is 2.48. The van der Waals surface area contributed by atoms with Gasteiger partial charge in [-0.3, -0.25) is 4.79 Å². The fourth-order valence-corrected chi connectivity index (χ4v) is 3.30. The SMILES string of the molecule is CCOc1ccc2c(c1)C(C)(c1cc(CO)ccc1Cl)C(=O)N2. The van der Waals surface area contributed by atoms with Crippen LogP contribution in [0.2, 0.25) is 5.02 Å². The van der Waals surface area contributed by atoms with Gasteiger partial charge in [0.25, 0.3) is 0 Å². The molecule has 120 valence electrons. The van der Waals surface area contributed by atoms with E-state index in [1.54, 1.807) is 18.2 Å². The Kier molecular flexibility index (Phi) is 4.04. The topological polar surface area (TPSA) is 58.6 Å². The summed E-state index contributed by atoms with van der Waals surface area (Å²) in [5.41, 5.74) is 2.05. The van der Waals surface area contributed by atoms with Gasteiger partial charge in [0.05, 0.1) is 13.2 Å². The molecule has 2 N–H and O–H groups in total. The molecule has 3 rings (SSSR count). The zero-order valence-electron chi connectivity index (χ0n) is 13.0. The maximum atomic E-state index is 12.7. The number of anilines is 1. The van der Waals surface area contributed by atoms with Crippen LogP contribution in [0.5, 0.6) is 5.75 Å². The first-order valence-corrected chi connectivity index (χ1v) is 7.87. The number of nitrogens with one attached hydrogen (secondary N) is 1. The van der Waals surface area contributed by atoms with Crippen LogP contribution in [0, 0.1) is 0 Å². The lowest BCUT2D eigenvalue weighted by Gasteiger charge is -2.25. The molecule has 0 saturated heterocycles. The lowest BCUT2D eigenvalue weighted by atomic mass is 9.76. The lowest BCUT2D eigenvalue weighted by molar-refractivity contribution is -0.119. The van der Waals surface area contributed by atoms with Gasteiger partial charge in [0.1, 0.15) is 11.2 Å². The van der Waals surface area contributed by atoms with E-state index in [1.807, 2.05) is 32.0 Å². The van der Waals surface area contributed by atoms with Gasteiger partial charge in [0.2, 0.25) is 5.91 Å². The number of carbonyl (C=O) groups excluding carboxylic acids is 1. The van der Waals surface area contributed by atoms with E-state index in [4.69, 9.17) is 16.3 Å². The van der Waals surface area contributed by atoms with Gasteiger partial charge in [-0.05, 0) is 54.8 Å². The minimum absolute atomic E-state index is 0.103. The van der Waals surface area contributed by atoms with Crippen LogP contribution in [0.4, 0.5) is 5.69 Å². The smallest absolute Gasteiger partial charge is 0.239 e. The minimum atomic E-state index is -0.926. The summed E-state index contributed by atoms with van der Waals surface area (Å²) in [6.07, 6.45) is 0. The molecule has 0 saturated carbocycles. The van der Waals surface area contributed by atoms with Crippen LogP contribution < -0.4 is 10.1 Å². The first-order valence-electron chi connectivity index (χ1n) is 7.49. The zero-order valence-corrected chi connectivity index (χ0v) is 13.8. The molecule has 1 aliphatic rings. The summed E-state index contributed by atoms with van der Waals surface area (Å²) in [7, 11) is 0. The van der Waals surface area contributed by atoms with Crippen LogP contribution >= 0.6 is 11.6 Å². The molecule has 23 heavy (non-hydrogen) atoms. The van der Waals surface area contributed by atoms with Gasteiger partial charge < -0.3 is 15.2 Å². The number of hydrogen-bond acceptors (Lipinski definition) is 3. The Morgan fingerprint density at radius 2 is 2.00 bits per heavy atom. The van der Waals surface area contributed by atoms with Crippen LogP contribution in [-0.2, 0) is 16.8 Å². The third-order valence-corrected chi connectivity index (χ3v) is 4.62. The highest BCUT2D eigenvalue weighted by Gasteiger charge is 2.45. The largest absolute Gasteiger partial charge is 0.494 e. The Balaban J connectivity index is 2.19. The number of halogens is 1. The summed E-state index contributed by atoms with van der Waals surface area (Å²) < 4.78 is 5.56. The number of benzene rings is 2. The van der Waals surface area contributed by atoms with Gasteiger partial charge in [0, 0.05) is 10.7 Å². The molecular weight excluding hydrogens is 314 g/mol. The molecule has 0 spiro atoms. The molecule has 2 aromatic carbocycles. The molecule has 0 fully saturated rings. The average molecular weight is 332 g/mol. The molecule has 1 atom stereocenters. The Morgan fingerprint density at radius 3 is 2.70 bits per heavy atom. The van der Waals surface area contributed by atoms with Gasteiger partial charge in [-0.2, -0.15) is 0 Å². The lowest BCUT2D eigenvalue weighted by Crippen LogP contribution is -2.32. The van der Waals surface area contributed by atoms with Gasteiger partial charge in [0.15, 0.2) is 0 Å². The Morgan fingerprint density at radius 1 is 1.22 bits per heavy atom. The summed E-state index contributed by atoms with van der Waals surface area (Å²) >= 11 is 6.36. The molecule has 1 unspecified atom stereocenters. The number of rotatable bonds is 4. The molecule has 2 aromatic rings. The van der Waals surface area contributed by atoms with Gasteiger partial charge in [-0.15, -0.1) is 0 Å². The van der Waals surface area contributed by atoms with Crippen LogP contribution in [0.15, 0.2) is 36.4 Å². The number of aliphatic hydroxyl groups excluding tert-OH is 1. The summed E-state index contributed by atoms with van der Waals surface area (Å²) in [5.74, 6) is 0.571. The molecule has 0 bridgehead atoms. The Hall–Kier alpha value is -2.04. The summed E-state index contributed by atoms with van der Waals surface area (Å²) in [4.78, 5) is 12.7. The average Bonchev–Trinajstić information content (AvgIpc) is 2.80. The van der Waals surface area contributed by atoms with Crippen LogP contribution in [0.1, 0.15) is 30.5 Å². The van der Waals surface area contributed by atoms with E-state index in [9.17, 15) is 9.90 Å². The second-order valence-electron chi connectivity index (χ2n) is 5.69. The highest BCUT2D eigenvalue weighted by atomic mass is 35.5. The van der Waals surface area contributed by atoms with Crippen molar-refractivity contribution in [1.82, 2.24) is 0 Å². The van der Waals surface area contributed by atoms with Crippen molar-refractivity contribution in [3.05, 3.63) is 58.1 Å². The predicted octanol–water partition coefficient (Wildman–Crippen LogP) is 3.49. The maximum absolute atomic E-state index is 12.7. The third-order valence-electron chi connectivity index (χ3n) is 4.30. The molecule has 4 nitrogen and oxygen atoms in total. The van der Waals surface area contributed by atoms with Crippen molar-refractivity contribution in [3.63, 3.8) is 0 Å². The predicted molar refractivity (Wildman–Crippen MR) is 90.1 cm³/mol. The van der Waals surface area contributed by atoms with Crippen molar-refractivity contribution in [2.24, 2.45) is 0 Å². The summed E-state index contributed by atoms with van der Waals surface area (Å²) in [6, 6.07) is 10.8. The fraction of sp³-hybridized carbons (Fsp3) is 0.278. The van der Waals surface area contributed by atoms with Gasteiger partial charge in [-0.1, -0.05) is 23.7 Å². The van der Waals surface area contributed by atoms with Crippen molar-refractivity contribution >= 4 is 23.2 Å². The summed E-state index contributed by atoms with van der Waals surface area (Å²) in [5, 5.41) is 12.8. The Bertz CT molecular complexity index is 775. The first kappa shape index (κ1) is 15.8. The first-order chi connectivity index (χ1) is 11.0. The number of hydrogen-bond donors (Lipinski definition) is 2.